The summed E-state index contributed by atoms with van der Waals surface area (Å²) in [5.41, 5.74) is 8.90. The molecule has 0 aliphatic rings. The Labute approximate surface area is 123 Å². The zero-order chi connectivity index (χ0) is 15.6. The van der Waals surface area contributed by atoms with Gasteiger partial charge in [0.1, 0.15) is 17.4 Å². The maximum Gasteiger partial charge on any atom is 0.129 e. The first-order valence-corrected chi connectivity index (χ1v) is 6.77. The number of hydrogen-bond donors (Lipinski definition) is 1. The Morgan fingerprint density at radius 1 is 1.10 bits per heavy atom. The minimum Gasteiger partial charge on any atom is -0.496 e. The molecule has 0 heterocycles. The highest BCUT2D eigenvalue weighted by molar-refractivity contribution is 5.44. The van der Waals surface area contributed by atoms with Crippen LogP contribution in [0.15, 0.2) is 30.3 Å². The predicted molar refractivity (Wildman–Crippen MR) is 79.5 cm³/mol. The van der Waals surface area contributed by atoms with E-state index in [-0.39, 0.29) is 12.0 Å². The third-order valence-electron chi connectivity index (χ3n) is 3.60. The van der Waals surface area contributed by atoms with Crippen molar-refractivity contribution in [3.05, 3.63) is 64.2 Å². The second kappa shape index (κ2) is 6.22. The molecule has 2 N–H and O–H groups in total. The number of methoxy groups -OCH3 is 1. The standard InChI is InChI=1S/C17H19F2NO/c1-10-7-12(8-11(2)17(10)21-3)16(20)9-13-14(18)5-4-6-15(13)19/h4-8,16H,9,20H2,1-3H3. The van der Waals surface area contributed by atoms with Gasteiger partial charge in [-0.05, 0) is 49.1 Å². The first kappa shape index (κ1) is 15.4. The molecule has 21 heavy (non-hydrogen) atoms. The Balaban J connectivity index is 2.31. The van der Waals surface area contributed by atoms with Crippen LogP contribution in [0.3, 0.4) is 0 Å². The SMILES string of the molecule is COc1c(C)cc(C(N)Cc2c(F)cccc2F)cc1C. The van der Waals surface area contributed by atoms with Gasteiger partial charge in [0, 0.05) is 11.6 Å². The van der Waals surface area contributed by atoms with Gasteiger partial charge in [0.05, 0.1) is 7.11 Å². The summed E-state index contributed by atoms with van der Waals surface area (Å²) in [4.78, 5) is 0. The van der Waals surface area contributed by atoms with Crippen LogP contribution in [0.25, 0.3) is 0 Å². The Bertz CT molecular complexity index is 612. The van der Waals surface area contributed by atoms with Crippen LogP contribution in [0.5, 0.6) is 5.75 Å². The molecular weight excluding hydrogens is 272 g/mol. The lowest BCUT2D eigenvalue weighted by atomic mass is 9.95. The summed E-state index contributed by atoms with van der Waals surface area (Å²) in [6, 6.07) is 7.16. The summed E-state index contributed by atoms with van der Waals surface area (Å²) in [5, 5.41) is 0. The van der Waals surface area contributed by atoms with Gasteiger partial charge < -0.3 is 10.5 Å². The maximum atomic E-state index is 13.7. The number of hydrogen-bond acceptors (Lipinski definition) is 2. The normalized spacial score (nSPS) is 12.3. The van der Waals surface area contributed by atoms with Crippen molar-refractivity contribution in [2.75, 3.05) is 7.11 Å². The van der Waals surface area contributed by atoms with Gasteiger partial charge in [-0.25, -0.2) is 8.78 Å². The zero-order valence-corrected chi connectivity index (χ0v) is 12.4. The lowest BCUT2D eigenvalue weighted by molar-refractivity contribution is 0.408. The lowest BCUT2D eigenvalue weighted by Crippen LogP contribution is -2.16. The Hall–Kier alpha value is -1.94. The van der Waals surface area contributed by atoms with Crippen molar-refractivity contribution >= 4 is 0 Å². The molecule has 1 atom stereocenters. The van der Waals surface area contributed by atoms with Crippen LogP contribution < -0.4 is 10.5 Å². The molecule has 1 unspecified atom stereocenters. The van der Waals surface area contributed by atoms with E-state index in [0.717, 1.165) is 22.4 Å². The molecule has 0 aliphatic carbocycles. The van der Waals surface area contributed by atoms with E-state index >= 15 is 0 Å². The Morgan fingerprint density at radius 3 is 2.10 bits per heavy atom. The molecule has 0 fully saturated rings. The van der Waals surface area contributed by atoms with Gasteiger partial charge in [-0.15, -0.1) is 0 Å². The fraction of sp³-hybridized carbons (Fsp3) is 0.294. The molecule has 0 bridgehead atoms. The van der Waals surface area contributed by atoms with E-state index in [2.05, 4.69) is 0 Å². The summed E-state index contributed by atoms with van der Waals surface area (Å²) >= 11 is 0. The van der Waals surface area contributed by atoms with E-state index < -0.39 is 17.7 Å². The van der Waals surface area contributed by atoms with Crippen molar-refractivity contribution in [3.8, 4) is 5.75 Å². The molecule has 0 radical (unpaired) electrons. The largest absolute Gasteiger partial charge is 0.496 e. The van der Waals surface area contributed by atoms with Crippen LogP contribution in [0.1, 0.15) is 28.3 Å². The zero-order valence-electron chi connectivity index (χ0n) is 12.4. The molecule has 0 spiro atoms. The number of halogens is 2. The van der Waals surface area contributed by atoms with E-state index in [1.807, 2.05) is 26.0 Å². The number of nitrogens with two attached hydrogens (primary N) is 1. The van der Waals surface area contributed by atoms with Gasteiger partial charge in [0.2, 0.25) is 0 Å². The van der Waals surface area contributed by atoms with Crippen LogP contribution in [0.4, 0.5) is 8.78 Å². The highest BCUT2D eigenvalue weighted by Gasteiger charge is 2.16. The second-order valence-electron chi connectivity index (χ2n) is 5.20. The van der Waals surface area contributed by atoms with Crippen LogP contribution in [-0.2, 0) is 6.42 Å². The van der Waals surface area contributed by atoms with E-state index in [1.54, 1.807) is 7.11 Å². The minimum atomic E-state index is -0.563. The van der Waals surface area contributed by atoms with Gasteiger partial charge in [0.25, 0.3) is 0 Å². The molecule has 112 valence electrons. The summed E-state index contributed by atoms with van der Waals surface area (Å²) < 4.78 is 32.7. The highest BCUT2D eigenvalue weighted by atomic mass is 19.1. The molecule has 4 heteroatoms. The summed E-state index contributed by atoms with van der Waals surface area (Å²) in [7, 11) is 1.61. The van der Waals surface area contributed by atoms with Gasteiger partial charge in [-0.3, -0.25) is 0 Å². The minimum absolute atomic E-state index is 0.0242. The second-order valence-corrected chi connectivity index (χ2v) is 5.20. The van der Waals surface area contributed by atoms with Crippen molar-refractivity contribution in [2.24, 2.45) is 5.73 Å². The topological polar surface area (TPSA) is 35.2 Å². The molecule has 2 aromatic rings. The monoisotopic (exact) mass is 291 g/mol. The number of ether oxygens (including phenoxy) is 1. The van der Waals surface area contributed by atoms with Crippen LogP contribution in [0.2, 0.25) is 0 Å². The van der Waals surface area contributed by atoms with Gasteiger partial charge in [-0.1, -0.05) is 18.2 Å². The number of aryl methyl sites for hydroxylation is 2. The number of rotatable bonds is 4. The molecule has 0 aromatic heterocycles. The van der Waals surface area contributed by atoms with Crippen molar-refractivity contribution in [1.82, 2.24) is 0 Å². The molecule has 2 nitrogen and oxygen atoms in total. The molecule has 0 aliphatic heterocycles. The molecular formula is C17H19F2NO. The van der Waals surface area contributed by atoms with Gasteiger partial charge in [0.15, 0.2) is 0 Å². The summed E-state index contributed by atoms with van der Waals surface area (Å²) in [6.07, 6.45) is 0.115. The Morgan fingerprint density at radius 2 is 1.62 bits per heavy atom. The predicted octanol–water partition coefficient (Wildman–Crippen LogP) is 3.83. The Kier molecular flexibility index (Phi) is 4.58. The van der Waals surface area contributed by atoms with Crippen LogP contribution in [-0.4, -0.2) is 7.11 Å². The van der Waals surface area contributed by atoms with Crippen molar-refractivity contribution < 1.29 is 13.5 Å². The smallest absolute Gasteiger partial charge is 0.129 e. The third kappa shape index (κ3) is 3.22. The van der Waals surface area contributed by atoms with Crippen LogP contribution >= 0.6 is 0 Å². The van der Waals surface area contributed by atoms with E-state index in [9.17, 15) is 8.78 Å². The van der Waals surface area contributed by atoms with Gasteiger partial charge >= 0.3 is 0 Å². The first-order chi connectivity index (χ1) is 9.93. The molecule has 0 amide bonds. The van der Waals surface area contributed by atoms with Crippen molar-refractivity contribution in [2.45, 2.75) is 26.3 Å². The fourth-order valence-electron chi connectivity index (χ4n) is 2.58. The van der Waals surface area contributed by atoms with E-state index in [1.165, 1.54) is 18.2 Å². The quantitative estimate of drug-likeness (QED) is 0.929. The molecule has 2 aromatic carbocycles. The van der Waals surface area contributed by atoms with Crippen LogP contribution in [0, 0.1) is 25.5 Å². The van der Waals surface area contributed by atoms with E-state index in [0.29, 0.717) is 0 Å². The van der Waals surface area contributed by atoms with E-state index in [4.69, 9.17) is 10.5 Å². The van der Waals surface area contributed by atoms with Crippen molar-refractivity contribution in [3.63, 3.8) is 0 Å². The average molecular weight is 291 g/mol. The molecule has 2 rings (SSSR count). The average Bonchev–Trinajstić information content (AvgIpc) is 2.42. The molecule has 0 saturated heterocycles. The summed E-state index contributed by atoms with van der Waals surface area (Å²) in [6.45, 7) is 3.84. The van der Waals surface area contributed by atoms with Gasteiger partial charge in [-0.2, -0.15) is 0 Å². The number of benzene rings is 2. The fourth-order valence-corrected chi connectivity index (χ4v) is 2.58. The maximum absolute atomic E-state index is 13.7. The third-order valence-corrected chi connectivity index (χ3v) is 3.60. The first-order valence-electron chi connectivity index (χ1n) is 6.77. The van der Waals surface area contributed by atoms with Crippen molar-refractivity contribution in [1.29, 1.82) is 0 Å². The highest BCUT2D eigenvalue weighted by Crippen LogP contribution is 2.28. The lowest BCUT2D eigenvalue weighted by Gasteiger charge is -2.17. The molecule has 0 saturated carbocycles. The summed E-state index contributed by atoms with van der Waals surface area (Å²) in [5.74, 6) is -0.317.